The molecule has 0 aliphatic carbocycles. The highest BCUT2D eigenvalue weighted by Crippen LogP contribution is 2.28. The second kappa shape index (κ2) is 8.63. The van der Waals surface area contributed by atoms with Gasteiger partial charge in [-0.3, -0.25) is 20.4 Å². The fourth-order valence-electron chi connectivity index (χ4n) is 1.79. The van der Waals surface area contributed by atoms with Crippen LogP contribution in [0.25, 0.3) is 0 Å². The van der Waals surface area contributed by atoms with Crippen LogP contribution in [0.1, 0.15) is 17.3 Å². The quantitative estimate of drug-likeness (QED) is 0.712. The lowest BCUT2D eigenvalue weighted by Gasteiger charge is -2.16. The average molecular weight is 422 g/mol. The Labute approximate surface area is 164 Å². The molecule has 0 aliphatic rings. The molecule has 0 fully saturated rings. The number of hydrogen-bond donors (Lipinski definition) is 2. The number of rotatable bonds is 4. The van der Waals surface area contributed by atoms with E-state index >= 15 is 0 Å². The molecule has 2 amide bonds. The maximum atomic E-state index is 12.0. The molecular formula is C16H12Cl4N2O3. The van der Waals surface area contributed by atoms with E-state index in [0.29, 0.717) is 20.8 Å². The lowest BCUT2D eigenvalue weighted by Crippen LogP contribution is -2.47. The Morgan fingerprint density at radius 1 is 0.920 bits per heavy atom. The lowest BCUT2D eigenvalue weighted by atomic mass is 10.2. The lowest BCUT2D eigenvalue weighted by molar-refractivity contribution is -0.128. The van der Waals surface area contributed by atoms with Gasteiger partial charge in [-0.25, -0.2) is 0 Å². The van der Waals surface area contributed by atoms with Gasteiger partial charge in [0, 0.05) is 20.6 Å². The van der Waals surface area contributed by atoms with E-state index < -0.39 is 17.9 Å². The van der Waals surface area contributed by atoms with Gasteiger partial charge in [0.15, 0.2) is 6.10 Å². The summed E-state index contributed by atoms with van der Waals surface area (Å²) < 4.78 is 5.44. The third-order valence-electron chi connectivity index (χ3n) is 2.99. The summed E-state index contributed by atoms with van der Waals surface area (Å²) in [6.45, 7) is 1.50. The van der Waals surface area contributed by atoms with Crippen LogP contribution in [0.3, 0.4) is 0 Å². The van der Waals surface area contributed by atoms with Crippen molar-refractivity contribution in [3.05, 3.63) is 62.1 Å². The molecule has 0 heterocycles. The van der Waals surface area contributed by atoms with Crippen molar-refractivity contribution in [2.45, 2.75) is 13.0 Å². The number of hydrogen-bond acceptors (Lipinski definition) is 3. The molecule has 0 radical (unpaired) electrons. The summed E-state index contributed by atoms with van der Waals surface area (Å²) in [7, 11) is 0. The van der Waals surface area contributed by atoms with Crippen LogP contribution in [0.15, 0.2) is 36.4 Å². The number of carbonyl (C=O) groups excluding carboxylic acids is 2. The number of benzene rings is 2. The van der Waals surface area contributed by atoms with Crippen LogP contribution in [0.4, 0.5) is 0 Å². The number of carbonyl (C=O) groups is 2. The Kier molecular flexibility index (Phi) is 6.79. The third-order valence-corrected chi connectivity index (χ3v) is 3.96. The van der Waals surface area contributed by atoms with Crippen molar-refractivity contribution in [2.24, 2.45) is 0 Å². The number of hydrazine groups is 1. The number of nitrogens with one attached hydrogen (secondary N) is 2. The van der Waals surface area contributed by atoms with Gasteiger partial charge >= 0.3 is 0 Å². The molecule has 0 aliphatic heterocycles. The molecule has 9 heteroatoms. The summed E-state index contributed by atoms with van der Waals surface area (Å²) in [6, 6.07) is 8.95. The van der Waals surface area contributed by atoms with Gasteiger partial charge in [-0.15, -0.1) is 0 Å². The first kappa shape index (κ1) is 19.7. The van der Waals surface area contributed by atoms with Gasteiger partial charge in [0.2, 0.25) is 0 Å². The van der Waals surface area contributed by atoms with Crippen molar-refractivity contribution in [1.29, 1.82) is 0 Å². The molecule has 1 unspecified atom stereocenters. The molecule has 5 nitrogen and oxygen atoms in total. The standard InChI is InChI=1S/C16H12Cl4N2O3/c1-8(25-14-3-2-10(17)7-13(14)20)15(23)21-22-16(24)9-4-11(18)6-12(19)5-9/h2-8H,1H3,(H,21,23)(H,22,24). The van der Waals surface area contributed by atoms with E-state index in [1.54, 1.807) is 12.1 Å². The average Bonchev–Trinajstić information content (AvgIpc) is 2.53. The Morgan fingerprint density at radius 3 is 2.16 bits per heavy atom. The van der Waals surface area contributed by atoms with Gasteiger partial charge in [-0.2, -0.15) is 0 Å². The summed E-state index contributed by atoms with van der Waals surface area (Å²) in [6.07, 6.45) is -0.915. The maximum absolute atomic E-state index is 12.0. The fraction of sp³-hybridized carbons (Fsp3) is 0.125. The number of ether oxygens (including phenoxy) is 1. The monoisotopic (exact) mass is 420 g/mol. The highest BCUT2D eigenvalue weighted by Gasteiger charge is 2.17. The van der Waals surface area contributed by atoms with Crippen molar-refractivity contribution in [2.75, 3.05) is 0 Å². The molecule has 2 aromatic rings. The molecule has 2 aromatic carbocycles. The van der Waals surface area contributed by atoms with Crippen LogP contribution in [-0.2, 0) is 4.79 Å². The van der Waals surface area contributed by atoms with Gasteiger partial charge < -0.3 is 4.74 Å². The SMILES string of the molecule is CC(Oc1ccc(Cl)cc1Cl)C(=O)NNC(=O)c1cc(Cl)cc(Cl)c1. The summed E-state index contributed by atoms with van der Waals surface area (Å²) in [4.78, 5) is 24.0. The fourth-order valence-corrected chi connectivity index (χ4v) is 2.77. The van der Waals surface area contributed by atoms with Gasteiger partial charge in [0.25, 0.3) is 11.8 Å². The second-order valence-corrected chi connectivity index (χ2v) is 6.65. The molecule has 132 valence electrons. The molecule has 0 saturated heterocycles. The van der Waals surface area contributed by atoms with E-state index in [-0.39, 0.29) is 10.6 Å². The molecular weight excluding hydrogens is 410 g/mol. The van der Waals surface area contributed by atoms with E-state index in [4.69, 9.17) is 51.1 Å². The molecule has 0 aromatic heterocycles. The second-order valence-electron chi connectivity index (χ2n) is 4.94. The predicted octanol–water partition coefficient (Wildman–Crippen LogP) is 4.53. The summed E-state index contributed by atoms with van der Waals surface area (Å²) >= 11 is 23.4. The Balaban J connectivity index is 1.93. The number of halogens is 4. The van der Waals surface area contributed by atoms with Crippen LogP contribution < -0.4 is 15.6 Å². The Hall–Kier alpha value is -1.66. The van der Waals surface area contributed by atoms with Gasteiger partial charge in [-0.1, -0.05) is 46.4 Å². The van der Waals surface area contributed by atoms with Crippen molar-refractivity contribution in [3.63, 3.8) is 0 Å². The van der Waals surface area contributed by atoms with Crippen LogP contribution in [0.5, 0.6) is 5.75 Å². The van der Waals surface area contributed by atoms with E-state index in [9.17, 15) is 9.59 Å². The van der Waals surface area contributed by atoms with E-state index in [0.717, 1.165) is 0 Å². The van der Waals surface area contributed by atoms with Crippen molar-refractivity contribution >= 4 is 58.2 Å². The summed E-state index contributed by atoms with van der Waals surface area (Å²) in [5.74, 6) is -0.858. The zero-order valence-corrected chi connectivity index (χ0v) is 15.8. The van der Waals surface area contributed by atoms with E-state index in [1.807, 2.05) is 0 Å². The van der Waals surface area contributed by atoms with Crippen LogP contribution in [0.2, 0.25) is 20.1 Å². The highest BCUT2D eigenvalue weighted by molar-refractivity contribution is 6.36. The maximum Gasteiger partial charge on any atom is 0.279 e. The molecule has 0 spiro atoms. The van der Waals surface area contributed by atoms with Gasteiger partial charge in [0.05, 0.1) is 5.02 Å². The summed E-state index contributed by atoms with van der Waals surface area (Å²) in [5.41, 5.74) is 4.71. The molecule has 0 saturated carbocycles. The molecule has 1 atom stereocenters. The first-order chi connectivity index (χ1) is 11.8. The van der Waals surface area contributed by atoms with Crippen molar-refractivity contribution < 1.29 is 14.3 Å². The first-order valence-corrected chi connectivity index (χ1v) is 8.45. The minimum atomic E-state index is -0.915. The molecule has 0 bridgehead atoms. The topological polar surface area (TPSA) is 67.4 Å². The van der Waals surface area contributed by atoms with E-state index in [1.165, 1.54) is 31.2 Å². The summed E-state index contributed by atoms with van der Waals surface area (Å²) in [5, 5.41) is 1.32. The third kappa shape index (κ3) is 5.68. The Bertz CT molecular complexity index is 794. The van der Waals surface area contributed by atoms with Gasteiger partial charge in [0.1, 0.15) is 5.75 Å². The largest absolute Gasteiger partial charge is 0.479 e. The molecule has 2 rings (SSSR count). The zero-order chi connectivity index (χ0) is 18.6. The van der Waals surface area contributed by atoms with Crippen molar-refractivity contribution in [3.8, 4) is 5.75 Å². The highest BCUT2D eigenvalue weighted by atomic mass is 35.5. The zero-order valence-electron chi connectivity index (χ0n) is 12.8. The normalized spacial score (nSPS) is 11.6. The Morgan fingerprint density at radius 2 is 1.56 bits per heavy atom. The van der Waals surface area contributed by atoms with E-state index in [2.05, 4.69) is 10.9 Å². The van der Waals surface area contributed by atoms with Crippen molar-refractivity contribution in [1.82, 2.24) is 10.9 Å². The minimum absolute atomic E-state index is 0.201. The smallest absolute Gasteiger partial charge is 0.279 e. The molecule has 2 N–H and O–H groups in total. The first-order valence-electron chi connectivity index (χ1n) is 6.94. The molecule has 25 heavy (non-hydrogen) atoms. The predicted molar refractivity (Wildman–Crippen MR) is 98.6 cm³/mol. The van der Waals surface area contributed by atoms with Crippen LogP contribution in [0, 0.1) is 0 Å². The minimum Gasteiger partial charge on any atom is -0.479 e. The number of amides is 2. The van der Waals surface area contributed by atoms with Crippen LogP contribution >= 0.6 is 46.4 Å². The van der Waals surface area contributed by atoms with Gasteiger partial charge in [-0.05, 0) is 43.3 Å². The van der Waals surface area contributed by atoms with Crippen LogP contribution in [-0.4, -0.2) is 17.9 Å².